The van der Waals surface area contributed by atoms with Gasteiger partial charge < -0.3 is 31.8 Å². The van der Waals surface area contributed by atoms with Gasteiger partial charge in [0.1, 0.15) is 11.5 Å². The van der Waals surface area contributed by atoms with Gasteiger partial charge in [-0.2, -0.15) is 4.57 Å². The first kappa shape index (κ1) is 34.8. The number of nitrogens with zero attached hydrogens (tertiary/aromatic N) is 1. The van der Waals surface area contributed by atoms with E-state index in [1.807, 2.05) is 36.4 Å². The first-order chi connectivity index (χ1) is 19.6. The van der Waals surface area contributed by atoms with Crippen LogP contribution >= 0.6 is 11.3 Å². The average Bonchev–Trinajstić information content (AvgIpc) is 3.36. The van der Waals surface area contributed by atoms with Gasteiger partial charge in [0.25, 0.3) is 0 Å². The summed E-state index contributed by atoms with van der Waals surface area (Å²) in [6.45, 7) is 5.83. The molecule has 0 saturated carbocycles. The van der Waals surface area contributed by atoms with Crippen LogP contribution in [0.1, 0.15) is 100 Å². The predicted octanol–water partition coefficient (Wildman–Crippen LogP) is 5.67. The Morgan fingerprint density at radius 1 is 0.902 bits per heavy atom. The second kappa shape index (κ2) is 20.5. The number of amides is 1. The molecule has 1 amide bonds. The summed E-state index contributed by atoms with van der Waals surface area (Å²) < 4.78 is 13.8. The summed E-state index contributed by atoms with van der Waals surface area (Å²) in [4.78, 5) is 13.0. The highest BCUT2D eigenvalue weighted by Crippen LogP contribution is 2.26. The lowest BCUT2D eigenvalue weighted by molar-refractivity contribution is -0.689. The topological polar surface area (TPSA) is 51.4 Å². The van der Waals surface area contributed by atoms with Crippen molar-refractivity contribution < 1.29 is 35.8 Å². The molecule has 7 heteroatoms. The van der Waals surface area contributed by atoms with Crippen LogP contribution < -0.4 is 36.3 Å². The molecule has 0 aliphatic carbocycles. The van der Waals surface area contributed by atoms with Gasteiger partial charge in [-0.15, -0.1) is 0 Å². The molecule has 0 aliphatic heterocycles. The largest absolute Gasteiger partial charge is 1.00 e. The number of thiazole rings is 1. The number of hydrogen-bond donors (Lipinski definition) is 1. The molecule has 0 atom stereocenters. The standard InChI is InChI=1S/C34H48N2O3S.BrH/c1-4-5-6-7-8-9-10-11-12-13-14-15-22-39-33-26-32(38-3)20-19-30(33)25-34(37)35-31-18-16-17-29(24-31)27-36-21-23-40-28(36)2;/h16-21,23-24,26H,4-15,22,25,27H2,1-3H3;1H. The number of nitrogens with one attached hydrogen (secondary N) is 1. The van der Waals surface area contributed by atoms with Gasteiger partial charge in [-0.1, -0.05) is 107 Å². The van der Waals surface area contributed by atoms with E-state index in [0.717, 1.165) is 41.3 Å². The fraction of sp³-hybridized carbons (Fsp3) is 0.529. The summed E-state index contributed by atoms with van der Waals surface area (Å²) >= 11 is 1.73. The average molecular weight is 646 g/mol. The van der Waals surface area contributed by atoms with Crippen LogP contribution in [0.15, 0.2) is 54.0 Å². The molecule has 0 bridgehead atoms. The van der Waals surface area contributed by atoms with E-state index in [0.29, 0.717) is 6.61 Å². The molecule has 3 rings (SSSR count). The molecule has 226 valence electrons. The maximum absolute atomic E-state index is 13.0. The van der Waals surface area contributed by atoms with Gasteiger partial charge >= 0.3 is 0 Å². The summed E-state index contributed by atoms with van der Waals surface area (Å²) in [5, 5.41) is 6.41. The number of halogens is 1. The summed E-state index contributed by atoms with van der Waals surface area (Å²) in [6, 6.07) is 13.8. The quantitative estimate of drug-likeness (QED) is 0.127. The van der Waals surface area contributed by atoms with Crippen LogP contribution in [0.25, 0.3) is 0 Å². The van der Waals surface area contributed by atoms with E-state index in [4.69, 9.17) is 9.47 Å². The van der Waals surface area contributed by atoms with E-state index in [1.54, 1.807) is 18.4 Å². The molecule has 0 unspecified atom stereocenters. The molecule has 1 heterocycles. The van der Waals surface area contributed by atoms with Gasteiger partial charge in [0, 0.05) is 29.8 Å². The lowest BCUT2D eigenvalue weighted by Gasteiger charge is -2.13. The Balaban J connectivity index is 0.00000588. The number of benzene rings is 2. The molecule has 2 aromatic carbocycles. The molecule has 0 radical (unpaired) electrons. The van der Waals surface area contributed by atoms with Crippen LogP contribution in [0.2, 0.25) is 0 Å². The first-order valence-corrected chi connectivity index (χ1v) is 16.1. The number of anilines is 1. The SMILES string of the molecule is CCCCCCCCCCCCCCOc1cc(OC)ccc1CC(=O)Nc1cccc(C[n+]2ccsc2C)c1.[Br-]. The van der Waals surface area contributed by atoms with Crippen molar-refractivity contribution in [1.29, 1.82) is 0 Å². The van der Waals surface area contributed by atoms with Gasteiger partial charge in [-0.05, 0) is 24.6 Å². The lowest BCUT2D eigenvalue weighted by atomic mass is 10.1. The first-order valence-electron chi connectivity index (χ1n) is 15.2. The third-order valence-corrected chi connectivity index (χ3v) is 8.16. The number of aromatic nitrogens is 1. The Morgan fingerprint density at radius 3 is 2.22 bits per heavy atom. The highest BCUT2D eigenvalue weighted by Gasteiger charge is 2.13. The van der Waals surface area contributed by atoms with Crippen LogP contribution in [0, 0.1) is 6.92 Å². The van der Waals surface area contributed by atoms with Crippen LogP contribution in [0.3, 0.4) is 0 Å². The summed E-state index contributed by atoms with van der Waals surface area (Å²) in [6.07, 6.45) is 18.1. The normalized spacial score (nSPS) is 10.7. The molecule has 0 aliphatic rings. The van der Waals surface area contributed by atoms with Gasteiger partial charge in [0.15, 0.2) is 12.7 Å². The number of rotatable bonds is 20. The van der Waals surface area contributed by atoms with Crippen molar-refractivity contribution in [2.24, 2.45) is 0 Å². The second-order valence-corrected chi connectivity index (χ2v) is 11.8. The monoisotopic (exact) mass is 644 g/mol. The van der Waals surface area contributed by atoms with Gasteiger partial charge in [-0.25, -0.2) is 0 Å². The Labute approximate surface area is 262 Å². The maximum atomic E-state index is 13.0. The van der Waals surface area contributed by atoms with E-state index >= 15 is 0 Å². The van der Waals surface area contributed by atoms with Crippen molar-refractivity contribution in [1.82, 2.24) is 0 Å². The zero-order valence-electron chi connectivity index (χ0n) is 25.3. The number of unbranched alkanes of at least 4 members (excludes halogenated alkanes) is 11. The molecule has 41 heavy (non-hydrogen) atoms. The van der Waals surface area contributed by atoms with Crippen molar-refractivity contribution in [3.63, 3.8) is 0 Å². The van der Waals surface area contributed by atoms with Crippen LogP contribution in [-0.4, -0.2) is 19.6 Å². The maximum Gasteiger partial charge on any atom is 0.234 e. The minimum atomic E-state index is -0.0584. The number of hydrogen-bond acceptors (Lipinski definition) is 4. The molecule has 1 aromatic heterocycles. The Morgan fingerprint density at radius 2 is 1.59 bits per heavy atom. The molecule has 3 aromatic rings. The molecule has 0 fully saturated rings. The van der Waals surface area contributed by atoms with E-state index in [1.165, 1.54) is 75.6 Å². The van der Waals surface area contributed by atoms with Crippen molar-refractivity contribution in [2.75, 3.05) is 19.0 Å². The minimum absolute atomic E-state index is 0. The van der Waals surface area contributed by atoms with Crippen LogP contribution in [0.5, 0.6) is 11.5 Å². The molecule has 0 saturated heterocycles. The van der Waals surface area contributed by atoms with E-state index in [9.17, 15) is 4.79 Å². The Kier molecular flexibility index (Phi) is 17.4. The summed E-state index contributed by atoms with van der Waals surface area (Å²) in [5.41, 5.74) is 2.83. The third-order valence-electron chi connectivity index (χ3n) is 7.33. The van der Waals surface area contributed by atoms with Crippen molar-refractivity contribution >= 4 is 22.9 Å². The fourth-order valence-electron chi connectivity index (χ4n) is 4.93. The zero-order valence-corrected chi connectivity index (χ0v) is 27.7. The lowest BCUT2D eigenvalue weighted by Crippen LogP contribution is -3.00. The molecular weight excluding hydrogens is 596 g/mol. The molecule has 5 nitrogen and oxygen atoms in total. The predicted molar refractivity (Wildman–Crippen MR) is 167 cm³/mol. The zero-order chi connectivity index (χ0) is 28.4. The van der Waals surface area contributed by atoms with E-state index < -0.39 is 0 Å². The van der Waals surface area contributed by atoms with E-state index in [2.05, 4.69) is 41.4 Å². The Hall–Kier alpha value is -2.38. The van der Waals surface area contributed by atoms with Crippen molar-refractivity contribution in [3.8, 4) is 11.5 Å². The highest BCUT2D eigenvalue weighted by atomic mass is 79.9. The van der Waals surface area contributed by atoms with Gasteiger partial charge in [0.05, 0.1) is 25.5 Å². The number of methoxy groups -OCH3 is 1. The van der Waals surface area contributed by atoms with Crippen molar-refractivity contribution in [2.45, 2.75) is 104 Å². The number of aryl methyl sites for hydroxylation is 1. The summed E-state index contributed by atoms with van der Waals surface area (Å²) in [7, 11) is 1.65. The van der Waals surface area contributed by atoms with Gasteiger partial charge in [-0.3, -0.25) is 4.79 Å². The van der Waals surface area contributed by atoms with Gasteiger partial charge in [0.2, 0.25) is 10.9 Å². The van der Waals surface area contributed by atoms with Crippen LogP contribution in [-0.2, 0) is 17.8 Å². The van der Waals surface area contributed by atoms with E-state index in [-0.39, 0.29) is 29.3 Å². The van der Waals surface area contributed by atoms with Crippen molar-refractivity contribution in [3.05, 3.63) is 70.2 Å². The smallest absolute Gasteiger partial charge is 0.234 e. The Bertz CT molecular complexity index is 1150. The highest BCUT2D eigenvalue weighted by molar-refractivity contribution is 7.09. The summed E-state index contributed by atoms with van der Waals surface area (Å²) in [5.74, 6) is 1.41. The number of carbonyl (C=O) groups is 1. The fourth-order valence-corrected chi connectivity index (χ4v) is 5.59. The second-order valence-electron chi connectivity index (χ2n) is 10.7. The third kappa shape index (κ3) is 13.4. The molecule has 1 N–H and O–H groups in total. The molecule has 0 spiro atoms. The number of carbonyl (C=O) groups excluding carboxylic acids is 1. The van der Waals surface area contributed by atoms with Crippen LogP contribution in [0.4, 0.5) is 5.69 Å². The molecular formula is C34H49BrN2O3S. The number of ether oxygens (including phenoxy) is 2. The minimum Gasteiger partial charge on any atom is -1.00 e.